The molecule has 1 aliphatic rings. The zero-order valence-corrected chi connectivity index (χ0v) is 26.7. The van der Waals surface area contributed by atoms with Crippen LogP contribution >= 0.6 is 28.3 Å². The first-order valence-corrected chi connectivity index (χ1v) is 14.4. The van der Waals surface area contributed by atoms with Crippen molar-refractivity contribution < 1.29 is 19.1 Å². The lowest BCUT2D eigenvalue weighted by Crippen LogP contribution is -2.63. The lowest BCUT2D eigenvalue weighted by atomic mass is 9.83. The first-order chi connectivity index (χ1) is 20.6. The summed E-state index contributed by atoms with van der Waals surface area (Å²) in [7, 11) is 3.14. The fourth-order valence-electron chi connectivity index (χ4n) is 5.56. The quantitative estimate of drug-likeness (QED) is 0.278. The smallest absolute Gasteiger partial charge is 0.258 e. The molecule has 0 fully saturated rings. The van der Waals surface area contributed by atoms with Gasteiger partial charge in [-0.05, 0) is 79.3 Å². The number of nitrogens with two attached hydrogens (primary N) is 1. The monoisotopic (exact) mass is 675 g/mol. The molecule has 1 unspecified atom stereocenters. The van der Waals surface area contributed by atoms with E-state index in [0.717, 1.165) is 20.8 Å². The number of carbonyl (C=O) groups is 3. The molecular weight excluding hydrogens is 646 g/mol. The topological polar surface area (TPSA) is 129 Å². The van der Waals surface area contributed by atoms with Crippen LogP contribution in [-0.2, 0) is 16.1 Å². The predicted octanol–water partition coefficient (Wildman–Crippen LogP) is 5.18. The van der Waals surface area contributed by atoms with E-state index in [-0.39, 0.29) is 37.3 Å². The molecule has 44 heavy (non-hydrogen) atoms. The molecule has 0 aromatic heterocycles. The molecule has 1 heterocycles. The number of carbonyl (C=O) groups excluding carboxylic acids is 3. The third kappa shape index (κ3) is 5.62. The van der Waals surface area contributed by atoms with Gasteiger partial charge in [-0.15, -0.1) is 12.4 Å². The highest BCUT2D eigenvalue weighted by molar-refractivity contribution is 9.10. The van der Waals surface area contributed by atoms with Crippen molar-refractivity contribution in [2.75, 3.05) is 30.5 Å². The van der Waals surface area contributed by atoms with Gasteiger partial charge in [-0.1, -0.05) is 40.2 Å². The Hall–Kier alpha value is -4.43. The number of nitrogens with one attached hydrogen (secondary N) is 1. The highest BCUT2D eigenvalue weighted by Crippen LogP contribution is 2.41. The van der Waals surface area contributed by atoms with Crippen LogP contribution in [0, 0.1) is 17.2 Å². The standard InChI is InChI=1S/C33H30BrN5O4.ClH/c1-33(37-2,32(36)42)25-19-39(30(40)21-13-11-20(17-35)12-14-21)28-10-5-4-9-27(28)38(31(25)41)18-24-22-7-6-8-26(34)23(22)15-16-29(24)43-3;/h4-16,25,37H,18-19H2,1-3H3,(H2,36,42);1H/t25-,33?;/m1./s1. The number of hydrogen-bond acceptors (Lipinski definition) is 6. The van der Waals surface area contributed by atoms with Crippen LogP contribution in [0.1, 0.15) is 28.4 Å². The summed E-state index contributed by atoms with van der Waals surface area (Å²) in [6.07, 6.45) is 0. The van der Waals surface area contributed by atoms with Gasteiger partial charge >= 0.3 is 0 Å². The number of hydrogen-bond donors (Lipinski definition) is 2. The largest absolute Gasteiger partial charge is 0.496 e. The van der Waals surface area contributed by atoms with Crippen LogP contribution < -0.4 is 25.6 Å². The fraction of sp³-hybridized carbons (Fsp3) is 0.212. The number of rotatable bonds is 7. The van der Waals surface area contributed by atoms with E-state index in [2.05, 4.69) is 27.3 Å². The number of ether oxygens (including phenoxy) is 1. The van der Waals surface area contributed by atoms with Crippen molar-refractivity contribution in [1.29, 1.82) is 5.26 Å². The summed E-state index contributed by atoms with van der Waals surface area (Å²) in [5, 5.41) is 14.0. The van der Waals surface area contributed by atoms with Gasteiger partial charge in [-0.3, -0.25) is 14.4 Å². The molecule has 3 N–H and O–H groups in total. The van der Waals surface area contributed by atoms with Gasteiger partial charge in [0, 0.05) is 22.1 Å². The minimum atomic E-state index is -1.49. The van der Waals surface area contributed by atoms with Crippen LogP contribution in [0.4, 0.5) is 11.4 Å². The summed E-state index contributed by atoms with van der Waals surface area (Å²) in [4.78, 5) is 44.8. The number of para-hydroxylation sites is 2. The first-order valence-electron chi connectivity index (χ1n) is 13.6. The normalized spacial score (nSPS) is 15.8. The SMILES string of the molecule is CNC(C)(C(N)=O)[C@@H]1CN(C(=O)c2ccc(C#N)cc2)c2ccccc2N(Cc2c(OC)ccc3c(Br)cccc23)C1=O.Cl. The number of nitrogens with zero attached hydrogens (tertiary/aromatic N) is 3. The molecule has 0 aliphatic carbocycles. The number of nitriles is 1. The molecule has 2 atom stereocenters. The number of benzene rings is 4. The summed E-state index contributed by atoms with van der Waals surface area (Å²) in [6.45, 7) is 1.55. The van der Waals surface area contributed by atoms with E-state index in [9.17, 15) is 19.6 Å². The number of halogens is 2. The van der Waals surface area contributed by atoms with Gasteiger partial charge in [-0.25, -0.2) is 0 Å². The zero-order valence-electron chi connectivity index (χ0n) is 24.3. The van der Waals surface area contributed by atoms with E-state index >= 15 is 0 Å². The maximum Gasteiger partial charge on any atom is 0.258 e. The van der Waals surface area contributed by atoms with Gasteiger partial charge in [0.15, 0.2) is 0 Å². The van der Waals surface area contributed by atoms with E-state index in [4.69, 9.17) is 10.5 Å². The molecule has 1 aliphatic heterocycles. The Bertz CT molecular complexity index is 1790. The van der Waals surface area contributed by atoms with Crippen molar-refractivity contribution in [3.63, 3.8) is 0 Å². The van der Waals surface area contributed by atoms with Crippen LogP contribution in [0.2, 0.25) is 0 Å². The number of amides is 3. The second kappa shape index (κ2) is 13.1. The Kier molecular flexibility index (Phi) is 9.64. The number of likely N-dealkylation sites (N-methyl/N-ethyl adjacent to an activating group) is 1. The highest BCUT2D eigenvalue weighted by Gasteiger charge is 2.48. The third-order valence-electron chi connectivity index (χ3n) is 8.24. The Balaban J connectivity index is 0.00000442. The summed E-state index contributed by atoms with van der Waals surface area (Å²) in [5.74, 6) is -1.96. The van der Waals surface area contributed by atoms with Crippen molar-refractivity contribution in [2.24, 2.45) is 11.7 Å². The zero-order chi connectivity index (χ0) is 30.9. The van der Waals surface area contributed by atoms with Gasteiger partial charge in [0.2, 0.25) is 11.8 Å². The van der Waals surface area contributed by atoms with Gasteiger partial charge in [0.05, 0.1) is 42.6 Å². The van der Waals surface area contributed by atoms with Gasteiger partial charge < -0.3 is 25.6 Å². The minimum absolute atomic E-state index is 0. The predicted molar refractivity (Wildman–Crippen MR) is 176 cm³/mol. The summed E-state index contributed by atoms with van der Waals surface area (Å²) in [5.41, 5.74) is 6.91. The van der Waals surface area contributed by atoms with Crippen LogP contribution in [-0.4, -0.2) is 44.0 Å². The number of fused-ring (bicyclic) bond motifs is 2. The molecule has 0 saturated carbocycles. The summed E-state index contributed by atoms with van der Waals surface area (Å²) < 4.78 is 6.65. The van der Waals surface area contributed by atoms with E-state index in [0.29, 0.717) is 28.3 Å². The molecule has 0 saturated heterocycles. The molecule has 4 aromatic rings. The molecule has 11 heteroatoms. The molecule has 9 nitrogen and oxygen atoms in total. The van der Waals surface area contributed by atoms with Crippen LogP contribution in [0.3, 0.4) is 0 Å². The number of methoxy groups -OCH3 is 1. The Labute approximate surface area is 270 Å². The second-order valence-electron chi connectivity index (χ2n) is 10.5. The molecule has 0 radical (unpaired) electrons. The molecule has 4 aromatic carbocycles. The maximum atomic E-state index is 14.7. The van der Waals surface area contributed by atoms with Crippen molar-refractivity contribution >= 4 is 68.2 Å². The Morgan fingerprint density at radius 2 is 1.73 bits per heavy atom. The third-order valence-corrected chi connectivity index (χ3v) is 8.93. The average Bonchev–Trinajstić information content (AvgIpc) is 3.15. The lowest BCUT2D eigenvalue weighted by Gasteiger charge is -2.36. The number of primary amides is 1. The second-order valence-corrected chi connectivity index (χ2v) is 11.3. The molecule has 226 valence electrons. The van der Waals surface area contributed by atoms with E-state index in [1.165, 1.54) is 4.90 Å². The average molecular weight is 677 g/mol. The minimum Gasteiger partial charge on any atom is -0.496 e. The van der Waals surface area contributed by atoms with Gasteiger partial charge in [0.25, 0.3) is 5.91 Å². The maximum absolute atomic E-state index is 14.7. The number of anilines is 2. The molecule has 5 rings (SSSR count). The van der Waals surface area contributed by atoms with Crippen LogP contribution in [0.5, 0.6) is 5.75 Å². The van der Waals surface area contributed by atoms with Crippen LogP contribution in [0.15, 0.2) is 83.3 Å². The molecule has 3 amide bonds. The summed E-state index contributed by atoms with van der Waals surface area (Å²) in [6, 6.07) is 25.1. The first kappa shape index (κ1) is 32.5. The molecule has 0 bridgehead atoms. The molecular formula is C33H31BrClN5O4. The molecule has 0 spiro atoms. The van der Waals surface area contributed by atoms with Crippen molar-refractivity contribution in [3.05, 3.63) is 100 Å². The van der Waals surface area contributed by atoms with Crippen molar-refractivity contribution in [2.45, 2.75) is 19.0 Å². The van der Waals surface area contributed by atoms with Crippen LogP contribution in [0.25, 0.3) is 10.8 Å². The van der Waals surface area contributed by atoms with E-state index < -0.39 is 17.4 Å². The van der Waals surface area contributed by atoms with E-state index in [1.807, 2.05) is 30.3 Å². The van der Waals surface area contributed by atoms with E-state index in [1.54, 1.807) is 74.5 Å². The summed E-state index contributed by atoms with van der Waals surface area (Å²) >= 11 is 3.63. The Morgan fingerprint density at radius 1 is 1.05 bits per heavy atom. The van der Waals surface area contributed by atoms with Crippen molar-refractivity contribution in [1.82, 2.24) is 5.32 Å². The Morgan fingerprint density at radius 3 is 2.34 bits per heavy atom. The van der Waals surface area contributed by atoms with Gasteiger partial charge in [-0.2, -0.15) is 5.26 Å². The lowest BCUT2D eigenvalue weighted by molar-refractivity contribution is -0.133. The van der Waals surface area contributed by atoms with Crippen molar-refractivity contribution in [3.8, 4) is 11.8 Å². The highest BCUT2D eigenvalue weighted by atomic mass is 79.9. The fourth-order valence-corrected chi connectivity index (χ4v) is 6.06. The van der Waals surface area contributed by atoms with Gasteiger partial charge in [0.1, 0.15) is 11.3 Å².